The molecule has 102 valence electrons. The molecule has 0 aliphatic carbocycles. The molecule has 0 amide bonds. The van der Waals surface area contributed by atoms with E-state index in [9.17, 15) is 0 Å². The topological polar surface area (TPSA) is 21.3 Å². The highest BCUT2D eigenvalue weighted by Crippen LogP contribution is 2.32. The van der Waals surface area contributed by atoms with E-state index in [0.717, 1.165) is 27.8 Å². The zero-order valence-corrected chi connectivity index (χ0v) is 14.8. The van der Waals surface area contributed by atoms with Crippen LogP contribution in [0.4, 0.5) is 0 Å². The summed E-state index contributed by atoms with van der Waals surface area (Å²) in [4.78, 5) is 0. The normalized spacial score (nSPS) is 10.7. The Morgan fingerprint density at radius 2 is 2.11 bits per heavy atom. The van der Waals surface area contributed by atoms with Gasteiger partial charge in [0.1, 0.15) is 5.75 Å². The van der Waals surface area contributed by atoms with Gasteiger partial charge in [-0.15, -0.1) is 0 Å². The summed E-state index contributed by atoms with van der Waals surface area (Å²) < 4.78 is 7.76. The molecule has 1 aromatic rings. The molecule has 0 aromatic heterocycles. The van der Waals surface area contributed by atoms with Crippen molar-refractivity contribution in [2.45, 2.75) is 19.9 Å². The Kier molecular flexibility index (Phi) is 8.39. The van der Waals surface area contributed by atoms with Crippen LogP contribution in [0.15, 0.2) is 21.1 Å². The van der Waals surface area contributed by atoms with Crippen molar-refractivity contribution in [3.8, 4) is 5.75 Å². The number of thioether (sulfide) groups is 1. The summed E-state index contributed by atoms with van der Waals surface area (Å²) in [5, 5.41) is 3.45. The van der Waals surface area contributed by atoms with E-state index in [1.165, 1.54) is 17.7 Å². The minimum atomic E-state index is 0.680. The van der Waals surface area contributed by atoms with Crippen molar-refractivity contribution in [2.75, 3.05) is 25.2 Å². The fourth-order valence-electron chi connectivity index (χ4n) is 1.62. The van der Waals surface area contributed by atoms with Gasteiger partial charge < -0.3 is 10.1 Å². The summed E-state index contributed by atoms with van der Waals surface area (Å²) >= 11 is 8.95. The van der Waals surface area contributed by atoms with Crippen molar-refractivity contribution in [3.63, 3.8) is 0 Å². The first-order chi connectivity index (χ1) is 8.69. The molecule has 0 saturated carbocycles. The monoisotopic (exact) mass is 395 g/mol. The van der Waals surface area contributed by atoms with E-state index in [1.807, 2.05) is 24.8 Å². The van der Waals surface area contributed by atoms with Crippen LogP contribution in [-0.2, 0) is 6.54 Å². The predicted molar refractivity (Wildman–Crippen MR) is 87.7 cm³/mol. The van der Waals surface area contributed by atoms with E-state index in [-0.39, 0.29) is 0 Å². The summed E-state index contributed by atoms with van der Waals surface area (Å²) in [5.41, 5.74) is 1.18. The van der Waals surface area contributed by atoms with Gasteiger partial charge in [-0.3, -0.25) is 0 Å². The third-order valence-electron chi connectivity index (χ3n) is 2.39. The van der Waals surface area contributed by atoms with E-state index in [2.05, 4.69) is 49.5 Å². The first-order valence-electron chi connectivity index (χ1n) is 5.99. The van der Waals surface area contributed by atoms with Crippen LogP contribution in [0.5, 0.6) is 5.75 Å². The van der Waals surface area contributed by atoms with Crippen LogP contribution in [-0.4, -0.2) is 25.2 Å². The number of hydrogen-bond acceptors (Lipinski definition) is 3. The number of ether oxygens (including phenoxy) is 1. The molecule has 1 N–H and O–H groups in total. The molecule has 0 atom stereocenters. The Hall–Kier alpha value is 0.290. The van der Waals surface area contributed by atoms with Crippen LogP contribution >= 0.6 is 43.6 Å². The zero-order valence-electron chi connectivity index (χ0n) is 10.8. The van der Waals surface area contributed by atoms with Gasteiger partial charge in [0, 0.05) is 16.6 Å². The molecule has 2 nitrogen and oxygen atoms in total. The number of nitrogens with one attached hydrogen (secondary N) is 1. The van der Waals surface area contributed by atoms with Crippen LogP contribution in [0, 0.1) is 0 Å². The van der Waals surface area contributed by atoms with Crippen LogP contribution in [0.2, 0.25) is 0 Å². The Morgan fingerprint density at radius 3 is 2.78 bits per heavy atom. The first-order valence-corrected chi connectivity index (χ1v) is 8.97. The second-order valence-electron chi connectivity index (χ2n) is 3.83. The standard InChI is InChI=1S/C13H19Br2NOS/c1-3-17-13-10(7-11(14)8-12(13)15)9-16-5-4-6-18-2/h7-8,16H,3-6,9H2,1-2H3. The summed E-state index contributed by atoms with van der Waals surface area (Å²) in [6.07, 6.45) is 3.33. The molecule has 0 aliphatic rings. The average molecular weight is 397 g/mol. The largest absolute Gasteiger partial charge is 0.492 e. The highest BCUT2D eigenvalue weighted by molar-refractivity contribution is 9.11. The van der Waals surface area contributed by atoms with Gasteiger partial charge in [0.15, 0.2) is 0 Å². The molecule has 0 fully saturated rings. The third-order valence-corrected chi connectivity index (χ3v) is 4.14. The highest BCUT2D eigenvalue weighted by atomic mass is 79.9. The summed E-state index contributed by atoms with van der Waals surface area (Å²) in [7, 11) is 0. The number of hydrogen-bond donors (Lipinski definition) is 1. The van der Waals surface area contributed by atoms with E-state index >= 15 is 0 Å². The maximum Gasteiger partial charge on any atom is 0.138 e. The predicted octanol–water partition coefficient (Wildman–Crippen LogP) is 4.45. The van der Waals surface area contributed by atoms with Gasteiger partial charge in [0.25, 0.3) is 0 Å². The van der Waals surface area contributed by atoms with Crippen molar-refractivity contribution in [2.24, 2.45) is 0 Å². The molecule has 0 radical (unpaired) electrons. The van der Waals surface area contributed by atoms with Gasteiger partial charge in [-0.2, -0.15) is 11.8 Å². The van der Waals surface area contributed by atoms with Crippen molar-refractivity contribution < 1.29 is 4.74 Å². The van der Waals surface area contributed by atoms with Crippen LogP contribution in [0.25, 0.3) is 0 Å². The van der Waals surface area contributed by atoms with Crippen molar-refractivity contribution in [1.29, 1.82) is 0 Å². The second kappa shape index (κ2) is 9.23. The number of benzene rings is 1. The zero-order chi connectivity index (χ0) is 13.4. The third kappa shape index (κ3) is 5.51. The molecule has 0 unspecified atom stereocenters. The van der Waals surface area contributed by atoms with Gasteiger partial charge in [-0.05, 0) is 60.0 Å². The number of rotatable bonds is 8. The van der Waals surface area contributed by atoms with E-state index in [0.29, 0.717) is 6.61 Å². The fraction of sp³-hybridized carbons (Fsp3) is 0.538. The number of halogens is 2. The minimum absolute atomic E-state index is 0.680. The van der Waals surface area contributed by atoms with Gasteiger partial charge in [-0.25, -0.2) is 0 Å². The SMILES string of the molecule is CCOc1c(Br)cc(Br)cc1CNCCCSC. The lowest BCUT2D eigenvalue weighted by Gasteiger charge is -2.13. The Morgan fingerprint density at radius 1 is 1.33 bits per heavy atom. The highest BCUT2D eigenvalue weighted by Gasteiger charge is 2.09. The lowest BCUT2D eigenvalue weighted by Crippen LogP contribution is -2.16. The second-order valence-corrected chi connectivity index (χ2v) is 6.59. The molecule has 0 saturated heterocycles. The minimum Gasteiger partial charge on any atom is -0.492 e. The molecular formula is C13H19Br2NOS. The van der Waals surface area contributed by atoms with Crippen molar-refractivity contribution >= 4 is 43.6 Å². The average Bonchev–Trinajstić information content (AvgIpc) is 2.33. The quantitative estimate of drug-likeness (QED) is 0.655. The summed E-state index contributed by atoms with van der Waals surface area (Å²) in [5.74, 6) is 2.14. The lowest BCUT2D eigenvalue weighted by atomic mass is 10.2. The van der Waals surface area contributed by atoms with Gasteiger partial charge >= 0.3 is 0 Å². The van der Waals surface area contributed by atoms with Gasteiger partial charge in [0.05, 0.1) is 11.1 Å². The molecular weight excluding hydrogens is 378 g/mol. The molecule has 0 heterocycles. The molecule has 0 bridgehead atoms. The maximum atomic E-state index is 5.69. The summed E-state index contributed by atoms with van der Waals surface area (Å²) in [6.45, 7) is 4.56. The lowest BCUT2D eigenvalue weighted by molar-refractivity contribution is 0.333. The molecule has 18 heavy (non-hydrogen) atoms. The van der Waals surface area contributed by atoms with Crippen LogP contribution in [0.1, 0.15) is 18.9 Å². The smallest absolute Gasteiger partial charge is 0.138 e. The summed E-state index contributed by atoms with van der Waals surface area (Å²) in [6, 6.07) is 4.12. The van der Waals surface area contributed by atoms with E-state index < -0.39 is 0 Å². The Labute approximate surface area is 131 Å². The molecule has 0 spiro atoms. The maximum absolute atomic E-state index is 5.69. The molecule has 1 rings (SSSR count). The van der Waals surface area contributed by atoms with Crippen LogP contribution < -0.4 is 10.1 Å². The van der Waals surface area contributed by atoms with Gasteiger partial charge in [-0.1, -0.05) is 15.9 Å². The van der Waals surface area contributed by atoms with Crippen LogP contribution in [0.3, 0.4) is 0 Å². The molecule has 0 aliphatic heterocycles. The van der Waals surface area contributed by atoms with Crippen molar-refractivity contribution in [1.82, 2.24) is 5.32 Å². The fourth-order valence-corrected chi connectivity index (χ4v) is 3.48. The Bertz CT molecular complexity index is 374. The molecule has 1 aromatic carbocycles. The van der Waals surface area contributed by atoms with Crippen molar-refractivity contribution in [3.05, 3.63) is 26.6 Å². The first kappa shape index (κ1) is 16.3. The Balaban J connectivity index is 2.62. The molecule has 5 heteroatoms. The van der Waals surface area contributed by atoms with E-state index in [4.69, 9.17) is 4.74 Å². The van der Waals surface area contributed by atoms with Gasteiger partial charge in [0.2, 0.25) is 0 Å². The van der Waals surface area contributed by atoms with E-state index in [1.54, 1.807) is 0 Å².